The third-order valence-electron chi connectivity index (χ3n) is 3.34. The summed E-state index contributed by atoms with van der Waals surface area (Å²) in [6, 6.07) is 1.98. The van der Waals surface area contributed by atoms with Crippen LogP contribution in [0.4, 0.5) is 32.2 Å². The van der Waals surface area contributed by atoms with E-state index in [1.807, 2.05) is 0 Å². The van der Waals surface area contributed by atoms with Crippen molar-refractivity contribution in [3.8, 4) is 0 Å². The van der Waals surface area contributed by atoms with Crippen molar-refractivity contribution in [2.45, 2.75) is 38.5 Å². The molecule has 0 spiro atoms. The van der Waals surface area contributed by atoms with Gasteiger partial charge in [-0.25, -0.2) is 0 Å². The molecule has 0 saturated carbocycles. The Morgan fingerprint density at radius 3 is 1.81 bits per heavy atom. The lowest BCUT2D eigenvalue weighted by Gasteiger charge is -2.13. The highest BCUT2D eigenvalue weighted by Gasteiger charge is 2.37. The summed E-state index contributed by atoms with van der Waals surface area (Å²) in [7, 11) is 0. The van der Waals surface area contributed by atoms with Gasteiger partial charge in [-0.15, -0.1) is 0 Å². The molecule has 1 aromatic carbocycles. The third-order valence-corrected chi connectivity index (χ3v) is 3.34. The van der Waals surface area contributed by atoms with Gasteiger partial charge in [0.25, 0.3) is 5.91 Å². The first-order valence-electron chi connectivity index (χ1n) is 7.26. The van der Waals surface area contributed by atoms with Gasteiger partial charge in [-0.2, -0.15) is 26.3 Å². The van der Waals surface area contributed by atoms with Gasteiger partial charge in [0.1, 0.15) is 5.76 Å². The largest absolute Gasteiger partial charge is 0.416 e. The standard InChI is InChI=1S/C16H14F6N2O2/c1-14(2,3)11-7-12(24-26-11)23-13(25)8-4-9(15(17,18)19)6-10(5-8)16(20,21)22/h4-7H,1-3H3,(H,23,24,25). The maximum Gasteiger partial charge on any atom is 0.416 e. The molecule has 142 valence electrons. The second kappa shape index (κ2) is 6.33. The number of amides is 1. The zero-order chi connectivity index (χ0) is 19.9. The van der Waals surface area contributed by atoms with Gasteiger partial charge in [-0.1, -0.05) is 25.9 Å². The van der Waals surface area contributed by atoms with Crippen LogP contribution < -0.4 is 5.32 Å². The summed E-state index contributed by atoms with van der Waals surface area (Å²) in [5, 5.41) is 5.67. The van der Waals surface area contributed by atoms with Gasteiger partial charge in [0, 0.05) is 17.0 Å². The monoisotopic (exact) mass is 380 g/mol. The Kier molecular flexibility index (Phi) is 4.82. The summed E-state index contributed by atoms with van der Waals surface area (Å²) in [5.41, 5.74) is -4.40. The van der Waals surface area contributed by atoms with Crippen LogP contribution in [0.1, 0.15) is 48.0 Å². The molecule has 1 N–H and O–H groups in total. The fraction of sp³-hybridized carbons (Fsp3) is 0.375. The van der Waals surface area contributed by atoms with E-state index in [4.69, 9.17) is 4.52 Å². The van der Waals surface area contributed by atoms with E-state index in [0.29, 0.717) is 17.9 Å². The molecule has 0 aliphatic heterocycles. The van der Waals surface area contributed by atoms with Gasteiger partial charge >= 0.3 is 12.4 Å². The van der Waals surface area contributed by atoms with Crippen LogP contribution in [0.2, 0.25) is 0 Å². The third kappa shape index (κ3) is 4.55. The Labute approximate surface area is 144 Å². The molecule has 1 aromatic heterocycles. The summed E-state index contributed by atoms with van der Waals surface area (Å²) in [4.78, 5) is 12.1. The summed E-state index contributed by atoms with van der Waals surface area (Å²) in [5.74, 6) is -0.908. The van der Waals surface area contributed by atoms with Gasteiger partial charge in [-0.05, 0) is 18.2 Å². The molecule has 1 amide bonds. The molecule has 1 heterocycles. The quantitative estimate of drug-likeness (QED) is 0.723. The van der Waals surface area contributed by atoms with E-state index in [1.54, 1.807) is 20.8 Å². The SMILES string of the molecule is CC(C)(C)c1cc(NC(=O)c2cc(C(F)(F)F)cc(C(F)(F)F)c2)no1. The fourth-order valence-electron chi connectivity index (χ4n) is 1.96. The number of alkyl halides is 6. The first kappa shape index (κ1) is 19.8. The summed E-state index contributed by atoms with van der Waals surface area (Å²) in [6.07, 6.45) is -10.1. The highest BCUT2D eigenvalue weighted by molar-refractivity contribution is 6.04. The average Bonchev–Trinajstić information content (AvgIpc) is 2.93. The van der Waals surface area contributed by atoms with Crippen LogP contribution in [0, 0.1) is 0 Å². The number of benzene rings is 1. The van der Waals surface area contributed by atoms with Crippen LogP contribution in [0.25, 0.3) is 0 Å². The Hall–Kier alpha value is -2.52. The number of nitrogens with one attached hydrogen (secondary N) is 1. The molecular weight excluding hydrogens is 366 g/mol. The van der Waals surface area contributed by atoms with Crippen LogP contribution in [0.5, 0.6) is 0 Å². The zero-order valence-electron chi connectivity index (χ0n) is 13.8. The minimum Gasteiger partial charge on any atom is -0.359 e. The lowest BCUT2D eigenvalue weighted by Crippen LogP contribution is -2.17. The molecule has 0 atom stereocenters. The molecule has 0 aliphatic rings. The number of nitrogens with zero attached hydrogens (tertiary/aromatic N) is 1. The summed E-state index contributed by atoms with van der Waals surface area (Å²) in [6.45, 7) is 5.38. The number of anilines is 1. The number of halogens is 6. The lowest BCUT2D eigenvalue weighted by atomic mass is 9.93. The lowest BCUT2D eigenvalue weighted by molar-refractivity contribution is -0.143. The highest BCUT2D eigenvalue weighted by Crippen LogP contribution is 2.36. The number of hydrogen-bond acceptors (Lipinski definition) is 3. The molecule has 2 aromatic rings. The van der Waals surface area contributed by atoms with Gasteiger partial charge in [-0.3, -0.25) is 4.79 Å². The van der Waals surface area contributed by atoms with E-state index in [-0.39, 0.29) is 11.9 Å². The summed E-state index contributed by atoms with van der Waals surface area (Å²) >= 11 is 0. The van der Waals surface area contributed by atoms with Gasteiger partial charge in [0.15, 0.2) is 5.82 Å². The molecule has 0 bridgehead atoms. The van der Waals surface area contributed by atoms with Crippen molar-refractivity contribution in [2.24, 2.45) is 0 Å². The molecule has 0 saturated heterocycles. The van der Waals surface area contributed by atoms with Crippen LogP contribution in [0.3, 0.4) is 0 Å². The molecule has 0 unspecified atom stereocenters. The van der Waals surface area contributed by atoms with Crippen molar-refractivity contribution in [3.63, 3.8) is 0 Å². The first-order chi connectivity index (χ1) is 11.7. The van der Waals surface area contributed by atoms with E-state index in [9.17, 15) is 31.1 Å². The molecule has 10 heteroatoms. The second-order valence-corrected chi connectivity index (χ2v) is 6.58. The number of carbonyl (C=O) groups excluding carboxylic acids is 1. The smallest absolute Gasteiger partial charge is 0.359 e. The van der Waals surface area contributed by atoms with E-state index < -0.39 is 40.4 Å². The van der Waals surface area contributed by atoms with E-state index in [2.05, 4.69) is 10.5 Å². The van der Waals surface area contributed by atoms with Crippen LogP contribution >= 0.6 is 0 Å². The van der Waals surface area contributed by atoms with Crippen molar-refractivity contribution in [1.82, 2.24) is 5.16 Å². The molecule has 2 rings (SSSR count). The zero-order valence-corrected chi connectivity index (χ0v) is 13.8. The van der Waals surface area contributed by atoms with E-state index >= 15 is 0 Å². The topological polar surface area (TPSA) is 55.1 Å². The van der Waals surface area contributed by atoms with Crippen molar-refractivity contribution in [1.29, 1.82) is 0 Å². The normalized spacial score (nSPS) is 13.0. The minimum atomic E-state index is -5.04. The molecule has 26 heavy (non-hydrogen) atoms. The average molecular weight is 380 g/mol. The van der Waals surface area contributed by atoms with Crippen molar-refractivity contribution < 1.29 is 35.7 Å². The van der Waals surface area contributed by atoms with Gasteiger partial charge in [0.05, 0.1) is 11.1 Å². The fourth-order valence-corrected chi connectivity index (χ4v) is 1.96. The van der Waals surface area contributed by atoms with E-state index in [0.717, 1.165) is 0 Å². The first-order valence-corrected chi connectivity index (χ1v) is 7.26. The number of rotatable bonds is 2. The summed E-state index contributed by atoms with van der Waals surface area (Å²) < 4.78 is 82.0. The Morgan fingerprint density at radius 2 is 1.42 bits per heavy atom. The number of aromatic nitrogens is 1. The van der Waals surface area contributed by atoms with Crippen molar-refractivity contribution in [3.05, 3.63) is 46.7 Å². The van der Waals surface area contributed by atoms with Crippen LogP contribution in [-0.2, 0) is 17.8 Å². The molecule has 0 fully saturated rings. The minimum absolute atomic E-state index is 0.0510. The van der Waals surface area contributed by atoms with Gasteiger partial charge < -0.3 is 9.84 Å². The molecule has 0 radical (unpaired) electrons. The van der Waals surface area contributed by atoms with Crippen LogP contribution in [-0.4, -0.2) is 11.1 Å². The van der Waals surface area contributed by atoms with Crippen molar-refractivity contribution in [2.75, 3.05) is 5.32 Å². The Morgan fingerprint density at radius 1 is 0.923 bits per heavy atom. The highest BCUT2D eigenvalue weighted by atomic mass is 19.4. The Balaban J connectivity index is 2.37. The van der Waals surface area contributed by atoms with Gasteiger partial charge in [0.2, 0.25) is 0 Å². The predicted octanol–water partition coefficient (Wildman–Crippen LogP) is 5.26. The van der Waals surface area contributed by atoms with Crippen molar-refractivity contribution >= 4 is 11.7 Å². The molecular formula is C16H14F6N2O2. The Bertz CT molecular complexity index is 783. The molecule has 4 nitrogen and oxygen atoms in total. The number of carbonyl (C=O) groups is 1. The number of hydrogen-bond donors (Lipinski definition) is 1. The van der Waals surface area contributed by atoms with E-state index in [1.165, 1.54) is 6.07 Å². The second-order valence-electron chi connectivity index (χ2n) is 6.58. The predicted molar refractivity (Wildman–Crippen MR) is 79.6 cm³/mol. The maximum atomic E-state index is 12.8. The van der Waals surface area contributed by atoms with Crippen LogP contribution in [0.15, 0.2) is 28.8 Å². The maximum absolute atomic E-state index is 12.8. The molecule has 0 aliphatic carbocycles.